The Morgan fingerprint density at radius 3 is 2.34 bits per heavy atom. The Balaban J connectivity index is 1.72. The number of carbonyl (C=O) groups is 2. The van der Waals surface area contributed by atoms with E-state index in [9.17, 15) is 19.1 Å². The van der Waals surface area contributed by atoms with Gasteiger partial charge in [0, 0.05) is 31.7 Å². The van der Waals surface area contributed by atoms with E-state index in [4.69, 9.17) is 9.47 Å². The Labute approximate surface area is 185 Å². The van der Waals surface area contributed by atoms with Crippen LogP contribution in [0.25, 0.3) is 5.76 Å². The number of hydrogen-bond acceptors (Lipinski definition) is 6. The SMILES string of the molecule is COc1ccc([C@H]2/C(=C(\O)c3ccc(F)cc3)C(=O)C(=O)N2CCN2CCOCC2)cc1. The number of ketones is 1. The first-order chi connectivity index (χ1) is 15.5. The summed E-state index contributed by atoms with van der Waals surface area (Å²) in [6, 6.07) is 11.5. The van der Waals surface area contributed by atoms with Crippen molar-refractivity contribution in [1.29, 1.82) is 0 Å². The summed E-state index contributed by atoms with van der Waals surface area (Å²) in [6.45, 7) is 3.68. The van der Waals surface area contributed by atoms with Crippen LogP contribution in [0.2, 0.25) is 0 Å². The molecule has 2 heterocycles. The minimum Gasteiger partial charge on any atom is -0.507 e. The van der Waals surface area contributed by atoms with Gasteiger partial charge in [0.1, 0.15) is 17.3 Å². The maximum atomic E-state index is 13.4. The summed E-state index contributed by atoms with van der Waals surface area (Å²) in [7, 11) is 1.55. The van der Waals surface area contributed by atoms with Crippen LogP contribution in [-0.2, 0) is 14.3 Å². The zero-order valence-corrected chi connectivity index (χ0v) is 17.8. The van der Waals surface area contributed by atoms with Gasteiger partial charge < -0.3 is 19.5 Å². The standard InChI is InChI=1S/C24H25FN2O5/c1-31-19-8-4-16(5-9-19)21-20(22(28)17-2-6-18(25)7-3-17)23(29)24(30)27(21)11-10-26-12-14-32-15-13-26/h2-9,21,28H,10-15H2,1H3/b22-20+/t21-/m0/s1. The zero-order chi connectivity index (χ0) is 22.7. The number of methoxy groups -OCH3 is 1. The second kappa shape index (κ2) is 9.50. The molecule has 0 aliphatic carbocycles. The van der Waals surface area contributed by atoms with Crippen molar-refractivity contribution in [2.75, 3.05) is 46.5 Å². The van der Waals surface area contributed by atoms with Crippen molar-refractivity contribution in [1.82, 2.24) is 9.80 Å². The summed E-state index contributed by atoms with van der Waals surface area (Å²) in [4.78, 5) is 29.7. The van der Waals surface area contributed by atoms with Gasteiger partial charge in [0.25, 0.3) is 11.7 Å². The highest BCUT2D eigenvalue weighted by Gasteiger charge is 2.46. The van der Waals surface area contributed by atoms with Crippen LogP contribution in [0.5, 0.6) is 5.75 Å². The number of benzene rings is 2. The predicted octanol–water partition coefficient (Wildman–Crippen LogP) is 2.59. The number of ether oxygens (including phenoxy) is 2. The molecule has 32 heavy (non-hydrogen) atoms. The van der Waals surface area contributed by atoms with Gasteiger partial charge in [0.2, 0.25) is 0 Å². The van der Waals surface area contributed by atoms with Crippen molar-refractivity contribution in [3.8, 4) is 5.75 Å². The van der Waals surface area contributed by atoms with Crippen molar-refractivity contribution in [3.05, 3.63) is 71.0 Å². The second-order valence-electron chi connectivity index (χ2n) is 7.73. The lowest BCUT2D eigenvalue weighted by atomic mass is 9.95. The molecule has 0 aromatic heterocycles. The molecule has 168 valence electrons. The van der Waals surface area contributed by atoms with Crippen LogP contribution in [-0.4, -0.2) is 73.1 Å². The van der Waals surface area contributed by atoms with Crippen LogP contribution in [0, 0.1) is 5.82 Å². The van der Waals surface area contributed by atoms with Crippen LogP contribution < -0.4 is 4.74 Å². The van der Waals surface area contributed by atoms with Gasteiger partial charge >= 0.3 is 0 Å². The highest BCUT2D eigenvalue weighted by atomic mass is 19.1. The third-order valence-corrected chi connectivity index (χ3v) is 5.85. The van der Waals surface area contributed by atoms with E-state index in [2.05, 4.69) is 4.90 Å². The number of Topliss-reactive ketones (excluding diaryl/α,β-unsaturated/α-hetero) is 1. The van der Waals surface area contributed by atoms with Crippen molar-refractivity contribution < 1.29 is 28.6 Å². The fraction of sp³-hybridized carbons (Fsp3) is 0.333. The Hall–Kier alpha value is -3.23. The number of carbonyl (C=O) groups excluding carboxylic acids is 2. The largest absolute Gasteiger partial charge is 0.507 e. The molecule has 2 aliphatic heterocycles. The number of halogens is 1. The fourth-order valence-electron chi connectivity index (χ4n) is 4.08. The molecule has 8 heteroatoms. The lowest BCUT2D eigenvalue weighted by Crippen LogP contribution is -2.42. The Kier molecular flexibility index (Phi) is 6.53. The number of aliphatic hydroxyl groups excluding tert-OH is 1. The molecule has 1 atom stereocenters. The first kappa shape index (κ1) is 22.0. The normalized spacial score (nSPS) is 21.2. The molecule has 4 rings (SSSR count). The summed E-state index contributed by atoms with van der Waals surface area (Å²) >= 11 is 0. The smallest absolute Gasteiger partial charge is 0.295 e. The lowest BCUT2D eigenvalue weighted by Gasteiger charge is -2.31. The Morgan fingerprint density at radius 2 is 1.72 bits per heavy atom. The lowest BCUT2D eigenvalue weighted by molar-refractivity contribution is -0.140. The predicted molar refractivity (Wildman–Crippen MR) is 116 cm³/mol. The van der Waals surface area contributed by atoms with Crippen molar-refractivity contribution >= 4 is 17.4 Å². The maximum Gasteiger partial charge on any atom is 0.295 e. The van der Waals surface area contributed by atoms with Crippen molar-refractivity contribution in [2.45, 2.75) is 6.04 Å². The summed E-state index contributed by atoms with van der Waals surface area (Å²) in [5, 5.41) is 11.0. The van der Waals surface area contributed by atoms with Gasteiger partial charge in [0.15, 0.2) is 0 Å². The molecule has 0 unspecified atom stereocenters. The summed E-state index contributed by atoms with van der Waals surface area (Å²) in [5.41, 5.74) is 0.945. The van der Waals surface area contributed by atoms with E-state index in [0.717, 1.165) is 13.1 Å². The first-order valence-corrected chi connectivity index (χ1v) is 10.5. The molecule has 1 amide bonds. The molecule has 0 saturated carbocycles. The molecular weight excluding hydrogens is 415 g/mol. The van der Waals surface area contributed by atoms with Gasteiger partial charge in [-0.2, -0.15) is 0 Å². The number of aliphatic hydroxyl groups is 1. The van der Waals surface area contributed by atoms with Gasteiger partial charge in [0.05, 0.1) is 31.9 Å². The van der Waals surface area contributed by atoms with Gasteiger partial charge in [-0.3, -0.25) is 14.5 Å². The average Bonchev–Trinajstić information content (AvgIpc) is 3.08. The molecule has 0 radical (unpaired) electrons. The number of hydrogen-bond donors (Lipinski definition) is 1. The zero-order valence-electron chi connectivity index (χ0n) is 17.8. The molecular formula is C24H25FN2O5. The number of morpholine rings is 1. The molecule has 0 bridgehead atoms. The van der Waals surface area contributed by atoms with Crippen molar-refractivity contribution in [2.24, 2.45) is 0 Å². The van der Waals surface area contributed by atoms with Gasteiger partial charge in [-0.1, -0.05) is 12.1 Å². The topological polar surface area (TPSA) is 79.3 Å². The van der Waals surface area contributed by atoms with E-state index in [1.165, 1.54) is 29.2 Å². The van der Waals surface area contributed by atoms with Crippen LogP contribution in [0.15, 0.2) is 54.1 Å². The Bertz CT molecular complexity index is 1010. The molecule has 1 N–H and O–H groups in total. The minimum atomic E-state index is -0.757. The van der Waals surface area contributed by atoms with Gasteiger partial charge in [-0.15, -0.1) is 0 Å². The monoisotopic (exact) mass is 440 g/mol. The van der Waals surface area contributed by atoms with E-state index < -0.39 is 23.5 Å². The molecule has 2 aliphatic rings. The van der Waals surface area contributed by atoms with Gasteiger partial charge in [-0.05, 0) is 42.0 Å². The first-order valence-electron chi connectivity index (χ1n) is 10.5. The summed E-state index contributed by atoms with van der Waals surface area (Å²) in [5.74, 6) is -1.56. The third kappa shape index (κ3) is 4.37. The number of amides is 1. The quantitative estimate of drug-likeness (QED) is 0.423. The fourth-order valence-corrected chi connectivity index (χ4v) is 4.08. The highest BCUT2D eigenvalue weighted by molar-refractivity contribution is 6.46. The van der Waals surface area contributed by atoms with E-state index in [1.807, 2.05) is 0 Å². The third-order valence-electron chi connectivity index (χ3n) is 5.85. The van der Waals surface area contributed by atoms with Crippen LogP contribution in [0.1, 0.15) is 17.2 Å². The van der Waals surface area contributed by atoms with E-state index >= 15 is 0 Å². The van der Waals surface area contributed by atoms with E-state index in [-0.39, 0.29) is 16.9 Å². The second-order valence-corrected chi connectivity index (χ2v) is 7.73. The minimum absolute atomic E-state index is 0.00578. The summed E-state index contributed by atoms with van der Waals surface area (Å²) in [6.07, 6.45) is 0. The molecule has 2 aromatic rings. The van der Waals surface area contributed by atoms with E-state index in [1.54, 1.807) is 31.4 Å². The molecule has 2 fully saturated rings. The molecule has 2 aromatic carbocycles. The van der Waals surface area contributed by atoms with Crippen LogP contribution >= 0.6 is 0 Å². The summed E-state index contributed by atoms with van der Waals surface area (Å²) < 4.78 is 24.0. The Morgan fingerprint density at radius 1 is 1.06 bits per heavy atom. The number of nitrogens with zero attached hydrogens (tertiary/aromatic N) is 2. The molecule has 0 spiro atoms. The van der Waals surface area contributed by atoms with E-state index in [0.29, 0.717) is 37.6 Å². The highest BCUT2D eigenvalue weighted by Crippen LogP contribution is 2.39. The van der Waals surface area contributed by atoms with Crippen LogP contribution in [0.3, 0.4) is 0 Å². The maximum absolute atomic E-state index is 13.4. The number of rotatable bonds is 6. The van der Waals surface area contributed by atoms with Crippen LogP contribution in [0.4, 0.5) is 4.39 Å². The average molecular weight is 440 g/mol. The van der Waals surface area contributed by atoms with Gasteiger partial charge in [-0.25, -0.2) is 4.39 Å². The molecule has 2 saturated heterocycles. The molecule has 7 nitrogen and oxygen atoms in total. The number of likely N-dealkylation sites (tertiary alicyclic amines) is 1. The van der Waals surface area contributed by atoms with Crippen molar-refractivity contribution in [3.63, 3.8) is 0 Å².